The van der Waals surface area contributed by atoms with Gasteiger partial charge in [-0.05, 0) is 44.0 Å². The maximum atomic E-state index is 13.4. The summed E-state index contributed by atoms with van der Waals surface area (Å²) < 4.78 is 26.7. The second-order valence-electron chi connectivity index (χ2n) is 7.65. The molecule has 0 spiro atoms. The van der Waals surface area contributed by atoms with E-state index in [9.17, 15) is 13.7 Å². The van der Waals surface area contributed by atoms with Crippen LogP contribution in [0.25, 0.3) is 11.0 Å². The molecule has 1 heterocycles. The van der Waals surface area contributed by atoms with Crippen LogP contribution >= 0.6 is 11.8 Å². The summed E-state index contributed by atoms with van der Waals surface area (Å²) in [7, 11) is -3.93. The Morgan fingerprint density at radius 3 is 2.27 bits per heavy atom. The van der Waals surface area contributed by atoms with Gasteiger partial charge in [0, 0.05) is 5.25 Å². The number of nitriles is 1. The topological polar surface area (TPSA) is 83.7 Å². The number of fused-ring (bicyclic) bond motifs is 1. The summed E-state index contributed by atoms with van der Waals surface area (Å²) in [5.74, 6) is 0. The van der Waals surface area contributed by atoms with Crippen LogP contribution in [-0.4, -0.2) is 23.6 Å². The van der Waals surface area contributed by atoms with E-state index < -0.39 is 15.1 Å². The maximum Gasteiger partial charge on any atom is 0.200 e. The fourth-order valence-electron chi connectivity index (χ4n) is 3.74. The zero-order valence-electron chi connectivity index (χ0n) is 16.8. The average Bonchev–Trinajstić information content (AvgIpc) is 2.75. The van der Waals surface area contributed by atoms with Crippen molar-refractivity contribution in [3.8, 4) is 6.07 Å². The molecule has 1 fully saturated rings. The minimum absolute atomic E-state index is 0.128. The maximum absolute atomic E-state index is 13.4. The lowest BCUT2D eigenvalue weighted by Crippen LogP contribution is -2.17. The third-order valence-electron chi connectivity index (χ3n) is 5.42. The number of hydrogen-bond acceptors (Lipinski definition) is 6. The van der Waals surface area contributed by atoms with Gasteiger partial charge in [-0.2, -0.15) is 5.26 Å². The van der Waals surface area contributed by atoms with Crippen LogP contribution in [0.3, 0.4) is 0 Å². The third kappa shape index (κ3) is 4.21. The number of hydrogen-bond donors (Lipinski definition) is 0. The second kappa shape index (κ2) is 8.75. The van der Waals surface area contributed by atoms with Crippen molar-refractivity contribution in [1.82, 2.24) is 9.97 Å². The van der Waals surface area contributed by atoms with Crippen molar-refractivity contribution in [3.05, 3.63) is 59.8 Å². The summed E-state index contributed by atoms with van der Waals surface area (Å²) in [5, 5.41) is 9.46. The molecule has 1 aliphatic carbocycles. The Hall–Kier alpha value is -2.43. The van der Waals surface area contributed by atoms with Gasteiger partial charge < -0.3 is 0 Å². The summed E-state index contributed by atoms with van der Waals surface area (Å²) in [6, 6.07) is 16.0. The summed E-state index contributed by atoms with van der Waals surface area (Å²) >= 11 is 1.57. The number of aryl methyl sites for hydroxylation is 1. The average molecular weight is 438 g/mol. The van der Waals surface area contributed by atoms with E-state index in [-0.39, 0.29) is 10.6 Å². The molecule has 0 amide bonds. The molecule has 5 nitrogen and oxygen atoms in total. The SMILES string of the molecule is Cc1ccc(S(=O)(=O)[C@H](C#N)c2nc3ccccc3nc2SC2CCCCC2)cc1. The van der Waals surface area contributed by atoms with Crippen LogP contribution in [0.5, 0.6) is 0 Å². The van der Waals surface area contributed by atoms with Crippen molar-refractivity contribution in [1.29, 1.82) is 5.26 Å². The van der Waals surface area contributed by atoms with Gasteiger partial charge in [-0.1, -0.05) is 49.1 Å². The number of sulfone groups is 1. The van der Waals surface area contributed by atoms with Crippen molar-refractivity contribution in [2.75, 3.05) is 0 Å². The molecule has 1 atom stereocenters. The first kappa shape index (κ1) is 20.8. The van der Waals surface area contributed by atoms with Gasteiger partial charge in [0.1, 0.15) is 10.7 Å². The summed E-state index contributed by atoms with van der Waals surface area (Å²) in [6.07, 6.45) is 5.70. The molecule has 2 aromatic carbocycles. The number of aromatic nitrogens is 2. The fourth-order valence-corrected chi connectivity index (χ4v) is 6.52. The molecule has 0 unspecified atom stereocenters. The zero-order chi connectivity index (χ0) is 21.1. The Morgan fingerprint density at radius 2 is 1.63 bits per heavy atom. The van der Waals surface area contributed by atoms with Crippen LogP contribution in [0, 0.1) is 18.3 Å². The first-order chi connectivity index (χ1) is 14.5. The Morgan fingerprint density at radius 1 is 1.00 bits per heavy atom. The molecule has 0 bridgehead atoms. The van der Waals surface area contributed by atoms with Gasteiger partial charge in [0.2, 0.25) is 0 Å². The first-order valence-electron chi connectivity index (χ1n) is 10.1. The molecule has 0 saturated heterocycles. The zero-order valence-corrected chi connectivity index (χ0v) is 18.4. The van der Waals surface area contributed by atoms with E-state index in [1.807, 2.05) is 31.2 Å². The molecule has 0 aliphatic heterocycles. The largest absolute Gasteiger partial charge is 0.246 e. The fraction of sp³-hybridized carbons (Fsp3) is 0.348. The van der Waals surface area contributed by atoms with Gasteiger partial charge in [0.05, 0.1) is 22.0 Å². The minimum Gasteiger partial charge on any atom is -0.246 e. The smallest absolute Gasteiger partial charge is 0.200 e. The molecule has 7 heteroatoms. The number of para-hydroxylation sites is 2. The van der Waals surface area contributed by atoms with Crippen LogP contribution in [0.1, 0.15) is 48.6 Å². The van der Waals surface area contributed by atoms with Crippen molar-refractivity contribution in [2.24, 2.45) is 0 Å². The minimum atomic E-state index is -3.93. The van der Waals surface area contributed by atoms with Crippen molar-refractivity contribution < 1.29 is 8.42 Å². The summed E-state index contributed by atoms with van der Waals surface area (Å²) in [6.45, 7) is 1.89. The van der Waals surface area contributed by atoms with Crippen molar-refractivity contribution in [3.63, 3.8) is 0 Å². The third-order valence-corrected chi connectivity index (χ3v) is 8.63. The number of rotatable bonds is 5. The highest BCUT2D eigenvalue weighted by atomic mass is 32.2. The molecule has 3 aromatic rings. The molecular weight excluding hydrogens is 414 g/mol. The second-order valence-corrected chi connectivity index (χ2v) is 11.0. The Bertz CT molecular complexity index is 1200. The molecule has 1 saturated carbocycles. The van der Waals surface area contributed by atoms with Gasteiger partial charge >= 0.3 is 0 Å². The lowest BCUT2D eigenvalue weighted by atomic mass is 10.0. The first-order valence-corrected chi connectivity index (χ1v) is 12.5. The molecule has 1 aliphatic rings. The van der Waals surface area contributed by atoms with E-state index in [0.717, 1.165) is 31.2 Å². The van der Waals surface area contributed by atoms with Gasteiger partial charge in [-0.25, -0.2) is 18.4 Å². The molecule has 1 aromatic heterocycles. The van der Waals surface area contributed by atoms with Gasteiger partial charge in [0.25, 0.3) is 0 Å². The predicted molar refractivity (Wildman–Crippen MR) is 119 cm³/mol. The van der Waals surface area contributed by atoms with Crippen LogP contribution in [0.2, 0.25) is 0 Å². The van der Waals surface area contributed by atoms with Crippen molar-refractivity contribution >= 4 is 32.6 Å². The van der Waals surface area contributed by atoms with E-state index in [2.05, 4.69) is 4.98 Å². The summed E-state index contributed by atoms with van der Waals surface area (Å²) in [4.78, 5) is 9.51. The van der Waals surface area contributed by atoms with Crippen LogP contribution in [-0.2, 0) is 9.84 Å². The Labute approximate surface area is 181 Å². The highest BCUT2D eigenvalue weighted by Crippen LogP contribution is 2.39. The van der Waals surface area contributed by atoms with Gasteiger partial charge in [0.15, 0.2) is 15.1 Å². The molecule has 30 heavy (non-hydrogen) atoms. The van der Waals surface area contributed by atoms with Gasteiger partial charge in [-0.15, -0.1) is 11.8 Å². The quantitative estimate of drug-likeness (QED) is 0.531. The van der Waals surface area contributed by atoms with E-state index in [4.69, 9.17) is 4.98 Å². The Kier molecular flexibility index (Phi) is 6.07. The molecule has 0 radical (unpaired) electrons. The van der Waals surface area contributed by atoms with Crippen LogP contribution in [0.15, 0.2) is 58.5 Å². The van der Waals surface area contributed by atoms with E-state index >= 15 is 0 Å². The lowest BCUT2D eigenvalue weighted by Gasteiger charge is -2.22. The predicted octanol–water partition coefficient (Wildman–Crippen LogP) is 5.40. The van der Waals surface area contributed by atoms with Gasteiger partial charge in [-0.3, -0.25) is 0 Å². The highest BCUT2D eigenvalue weighted by molar-refractivity contribution is 8.00. The van der Waals surface area contributed by atoms with Crippen molar-refractivity contribution in [2.45, 2.75) is 59.4 Å². The molecular formula is C23H23N3O2S2. The monoisotopic (exact) mass is 437 g/mol. The summed E-state index contributed by atoms with van der Waals surface area (Å²) in [5.41, 5.74) is 2.51. The molecule has 0 N–H and O–H groups in total. The number of benzene rings is 2. The highest BCUT2D eigenvalue weighted by Gasteiger charge is 2.34. The number of thioether (sulfide) groups is 1. The van der Waals surface area contributed by atoms with E-state index in [1.165, 1.54) is 6.42 Å². The lowest BCUT2D eigenvalue weighted by molar-refractivity contribution is 0.515. The van der Waals surface area contributed by atoms with E-state index in [0.29, 0.717) is 21.3 Å². The van der Waals surface area contributed by atoms with Crippen LogP contribution in [0.4, 0.5) is 0 Å². The standard InChI is InChI=1S/C23H23N3O2S2/c1-16-11-13-18(14-12-16)30(27,28)21(15-24)22-23(29-17-7-3-2-4-8-17)26-20-10-6-5-9-19(20)25-22/h5-6,9-14,17,21H,2-4,7-8H2,1H3/t21-/m1/s1. The molecule has 154 valence electrons. The Balaban J connectivity index is 1.82. The van der Waals surface area contributed by atoms with E-state index in [1.54, 1.807) is 42.1 Å². The number of nitrogens with zero attached hydrogens (tertiary/aromatic N) is 3. The van der Waals surface area contributed by atoms with Crippen LogP contribution < -0.4 is 0 Å². The molecule has 4 rings (SSSR count). The normalized spacial score (nSPS) is 16.3.